The molecule has 0 aromatic heterocycles. The fraction of sp³-hybridized carbons (Fsp3) is 0.176. The van der Waals surface area contributed by atoms with Gasteiger partial charge in [0, 0.05) is 11.4 Å². The topological polar surface area (TPSA) is 58.2 Å². The largest absolute Gasteiger partial charge is 0.325 e. The summed E-state index contributed by atoms with van der Waals surface area (Å²) in [6.07, 6.45) is 0. The normalized spacial score (nSPS) is 11.0. The van der Waals surface area contributed by atoms with Crippen molar-refractivity contribution >= 4 is 34.8 Å². The summed E-state index contributed by atoms with van der Waals surface area (Å²) in [4.78, 5) is 24.7. The van der Waals surface area contributed by atoms with Crippen LogP contribution in [-0.2, 0) is 9.59 Å². The zero-order valence-electron chi connectivity index (χ0n) is 13.0. The summed E-state index contributed by atoms with van der Waals surface area (Å²) in [5.41, 5.74) is -0.948. The van der Waals surface area contributed by atoms with Gasteiger partial charge in [-0.05, 0) is 50.2 Å². The van der Waals surface area contributed by atoms with E-state index in [1.54, 1.807) is 0 Å². The van der Waals surface area contributed by atoms with Gasteiger partial charge < -0.3 is 10.6 Å². The molecule has 126 valence electrons. The van der Waals surface area contributed by atoms with E-state index in [0.29, 0.717) is 0 Å². The van der Waals surface area contributed by atoms with Gasteiger partial charge >= 0.3 is 0 Å². The Morgan fingerprint density at radius 3 is 2.08 bits per heavy atom. The van der Waals surface area contributed by atoms with E-state index in [1.165, 1.54) is 44.2 Å². The molecule has 0 aliphatic rings. The van der Waals surface area contributed by atoms with Crippen LogP contribution in [-0.4, -0.2) is 11.8 Å². The molecule has 0 saturated carbocycles. The van der Waals surface area contributed by atoms with Crippen LogP contribution in [0.5, 0.6) is 0 Å². The molecule has 0 aliphatic heterocycles. The third-order valence-corrected chi connectivity index (χ3v) is 3.68. The number of rotatable bonds is 4. The molecule has 4 nitrogen and oxygen atoms in total. The molecular formula is C17H15ClF2N2O2. The van der Waals surface area contributed by atoms with Crippen LogP contribution in [0.3, 0.4) is 0 Å². The first kappa shape index (κ1) is 17.9. The van der Waals surface area contributed by atoms with Gasteiger partial charge in [0.05, 0.1) is 5.02 Å². The second-order valence-corrected chi connectivity index (χ2v) is 6.08. The van der Waals surface area contributed by atoms with Gasteiger partial charge in [0.15, 0.2) is 0 Å². The monoisotopic (exact) mass is 352 g/mol. The smallest absolute Gasteiger partial charge is 0.239 e. The molecule has 24 heavy (non-hydrogen) atoms. The average molecular weight is 353 g/mol. The van der Waals surface area contributed by atoms with Crippen molar-refractivity contribution < 1.29 is 18.4 Å². The second kappa shape index (κ2) is 6.97. The molecule has 0 atom stereocenters. The van der Waals surface area contributed by atoms with Crippen LogP contribution in [0.1, 0.15) is 13.8 Å². The van der Waals surface area contributed by atoms with E-state index >= 15 is 0 Å². The summed E-state index contributed by atoms with van der Waals surface area (Å²) in [5.74, 6) is -2.34. The quantitative estimate of drug-likeness (QED) is 0.809. The first-order valence-corrected chi connectivity index (χ1v) is 7.41. The van der Waals surface area contributed by atoms with E-state index in [9.17, 15) is 18.4 Å². The summed E-state index contributed by atoms with van der Waals surface area (Å²) in [5, 5.41) is 4.84. The lowest BCUT2D eigenvalue weighted by Gasteiger charge is -2.22. The number of nitrogens with one attached hydrogen (secondary N) is 2. The number of carbonyl (C=O) groups is 2. The van der Waals surface area contributed by atoms with Gasteiger partial charge in [0.25, 0.3) is 0 Å². The Labute approximate surface area is 142 Å². The van der Waals surface area contributed by atoms with Crippen LogP contribution in [0.2, 0.25) is 5.02 Å². The molecule has 2 N–H and O–H groups in total. The predicted molar refractivity (Wildman–Crippen MR) is 88.9 cm³/mol. The third-order valence-electron chi connectivity index (χ3n) is 3.40. The Morgan fingerprint density at radius 1 is 0.958 bits per heavy atom. The molecule has 2 rings (SSSR count). The van der Waals surface area contributed by atoms with Crippen molar-refractivity contribution in [2.75, 3.05) is 10.6 Å². The molecule has 0 unspecified atom stereocenters. The minimum Gasteiger partial charge on any atom is -0.325 e. The van der Waals surface area contributed by atoms with Gasteiger partial charge in [0.2, 0.25) is 11.8 Å². The number of hydrogen-bond donors (Lipinski definition) is 2. The Kier molecular flexibility index (Phi) is 5.19. The van der Waals surface area contributed by atoms with E-state index in [-0.39, 0.29) is 16.4 Å². The number of benzene rings is 2. The molecule has 0 bridgehead atoms. The van der Waals surface area contributed by atoms with Crippen LogP contribution in [0.15, 0.2) is 42.5 Å². The van der Waals surface area contributed by atoms with Crippen molar-refractivity contribution in [3.05, 3.63) is 59.1 Å². The van der Waals surface area contributed by atoms with Crippen molar-refractivity contribution in [1.82, 2.24) is 0 Å². The number of halogens is 3. The first-order valence-electron chi connectivity index (χ1n) is 7.03. The van der Waals surface area contributed by atoms with Crippen molar-refractivity contribution in [2.24, 2.45) is 5.41 Å². The Balaban J connectivity index is 2.11. The molecular weight excluding hydrogens is 338 g/mol. The van der Waals surface area contributed by atoms with Gasteiger partial charge in [-0.25, -0.2) is 8.78 Å². The van der Waals surface area contributed by atoms with E-state index < -0.39 is 28.9 Å². The van der Waals surface area contributed by atoms with Crippen LogP contribution >= 0.6 is 11.6 Å². The molecule has 2 amide bonds. The predicted octanol–water partition coefficient (Wildman–Crippen LogP) is 4.22. The van der Waals surface area contributed by atoms with Crippen LogP contribution in [0.4, 0.5) is 20.2 Å². The number of amides is 2. The van der Waals surface area contributed by atoms with Crippen LogP contribution in [0.25, 0.3) is 0 Å². The highest BCUT2D eigenvalue weighted by Crippen LogP contribution is 2.24. The lowest BCUT2D eigenvalue weighted by molar-refractivity contribution is -0.135. The summed E-state index contributed by atoms with van der Waals surface area (Å²) < 4.78 is 26.3. The van der Waals surface area contributed by atoms with E-state index in [4.69, 9.17) is 11.6 Å². The highest BCUT2D eigenvalue weighted by molar-refractivity contribution is 6.31. The summed E-state index contributed by atoms with van der Waals surface area (Å²) in [6.45, 7) is 2.84. The zero-order chi connectivity index (χ0) is 17.9. The fourth-order valence-electron chi connectivity index (χ4n) is 1.82. The Hall–Kier alpha value is -2.47. The molecule has 0 spiro atoms. The zero-order valence-corrected chi connectivity index (χ0v) is 13.7. The standard InChI is InChI=1S/C17H15ClF2N2O2/c1-17(2,15(23)21-11-5-3-4-10(19)8-11)16(24)22-12-6-7-14(20)13(18)9-12/h3-9H,1-2H3,(H,21,23)(H,22,24). The van der Waals surface area contributed by atoms with Gasteiger partial charge in [-0.15, -0.1) is 0 Å². The maximum absolute atomic E-state index is 13.2. The molecule has 0 fully saturated rings. The third kappa shape index (κ3) is 4.08. The summed E-state index contributed by atoms with van der Waals surface area (Å²) in [7, 11) is 0. The lowest BCUT2D eigenvalue weighted by Crippen LogP contribution is -2.41. The van der Waals surface area contributed by atoms with Gasteiger partial charge in [-0.3, -0.25) is 9.59 Å². The molecule has 0 radical (unpaired) electrons. The number of anilines is 2. The molecule has 2 aromatic rings. The van der Waals surface area contributed by atoms with E-state index in [0.717, 1.165) is 12.1 Å². The second-order valence-electron chi connectivity index (χ2n) is 5.67. The molecule has 2 aromatic carbocycles. The van der Waals surface area contributed by atoms with Crippen molar-refractivity contribution in [2.45, 2.75) is 13.8 Å². The average Bonchev–Trinajstić information content (AvgIpc) is 2.50. The molecule has 0 saturated heterocycles. The Morgan fingerprint density at radius 2 is 1.54 bits per heavy atom. The molecule has 0 heterocycles. The van der Waals surface area contributed by atoms with Crippen molar-refractivity contribution in [1.29, 1.82) is 0 Å². The summed E-state index contributed by atoms with van der Waals surface area (Å²) in [6, 6.07) is 9.03. The number of carbonyl (C=O) groups excluding carboxylic acids is 2. The fourth-order valence-corrected chi connectivity index (χ4v) is 2.00. The van der Waals surface area contributed by atoms with Gasteiger partial charge in [0.1, 0.15) is 17.0 Å². The van der Waals surface area contributed by atoms with Crippen LogP contribution < -0.4 is 10.6 Å². The maximum Gasteiger partial charge on any atom is 0.239 e. The van der Waals surface area contributed by atoms with E-state index in [2.05, 4.69) is 10.6 Å². The SMILES string of the molecule is CC(C)(C(=O)Nc1cccc(F)c1)C(=O)Nc1ccc(F)c(Cl)c1. The molecule has 0 aliphatic carbocycles. The lowest BCUT2D eigenvalue weighted by atomic mass is 9.90. The number of hydrogen-bond acceptors (Lipinski definition) is 2. The Bertz CT molecular complexity index is 794. The minimum atomic E-state index is -1.45. The maximum atomic E-state index is 13.2. The highest BCUT2D eigenvalue weighted by Gasteiger charge is 2.36. The molecule has 7 heteroatoms. The van der Waals surface area contributed by atoms with Crippen molar-refractivity contribution in [3.63, 3.8) is 0 Å². The summed E-state index contributed by atoms with van der Waals surface area (Å²) >= 11 is 5.66. The van der Waals surface area contributed by atoms with E-state index in [1.807, 2.05) is 0 Å². The van der Waals surface area contributed by atoms with Gasteiger partial charge in [-0.1, -0.05) is 17.7 Å². The van der Waals surface area contributed by atoms with Gasteiger partial charge in [-0.2, -0.15) is 0 Å². The van der Waals surface area contributed by atoms with Crippen molar-refractivity contribution in [3.8, 4) is 0 Å². The highest BCUT2D eigenvalue weighted by atomic mass is 35.5. The van der Waals surface area contributed by atoms with Crippen LogP contribution in [0, 0.1) is 17.0 Å². The first-order chi connectivity index (χ1) is 11.2. The minimum absolute atomic E-state index is 0.144.